The van der Waals surface area contributed by atoms with Crippen molar-refractivity contribution in [1.82, 2.24) is 5.32 Å². The van der Waals surface area contributed by atoms with Crippen molar-refractivity contribution < 1.29 is 4.79 Å². The molecule has 0 atom stereocenters. The molecule has 0 spiro atoms. The van der Waals surface area contributed by atoms with Crippen LogP contribution in [0.5, 0.6) is 0 Å². The lowest BCUT2D eigenvalue weighted by Crippen LogP contribution is -2.24. The third kappa shape index (κ3) is 5.20. The Morgan fingerprint density at radius 1 is 1.21 bits per heavy atom. The summed E-state index contributed by atoms with van der Waals surface area (Å²) < 4.78 is 0. The fraction of sp³-hybridized carbons (Fsp3) is 0.533. The Labute approximate surface area is 115 Å². The summed E-state index contributed by atoms with van der Waals surface area (Å²) in [4.78, 5) is 11.9. The van der Waals surface area contributed by atoms with E-state index in [0.717, 1.165) is 18.7 Å². The second kappa shape index (κ2) is 8.40. The molecular weight excluding hydrogens is 238 g/mol. The molecule has 1 amide bonds. The van der Waals surface area contributed by atoms with Crippen LogP contribution in [0.1, 0.15) is 49.9 Å². The normalized spacial score (nSPS) is 10.2. The minimum Gasteiger partial charge on any atom is -0.399 e. The lowest BCUT2D eigenvalue weighted by Gasteiger charge is -2.12. The van der Waals surface area contributed by atoms with Crippen LogP contribution in [0.4, 0.5) is 11.4 Å². The summed E-state index contributed by atoms with van der Waals surface area (Å²) in [5.74, 6) is -0.0569. The van der Waals surface area contributed by atoms with E-state index >= 15 is 0 Å². The van der Waals surface area contributed by atoms with Gasteiger partial charge in [-0.15, -0.1) is 0 Å². The van der Waals surface area contributed by atoms with Gasteiger partial charge in [-0.2, -0.15) is 0 Å². The smallest absolute Gasteiger partial charge is 0.253 e. The van der Waals surface area contributed by atoms with Crippen LogP contribution in [-0.4, -0.2) is 19.0 Å². The van der Waals surface area contributed by atoms with Crippen LogP contribution in [0.15, 0.2) is 18.2 Å². The average molecular weight is 263 g/mol. The molecule has 0 aliphatic heterocycles. The van der Waals surface area contributed by atoms with E-state index in [0.29, 0.717) is 17.8 Å². The number of unbranched alkanes of at least 4 members (excludes halogenated alkanes) is 3. The number of hydrogen-bond acceptors (Lipinski definition) is 3. The lowest BCUT2D eigenvalue weighted by molar-refractivity contribution is 0.0956. The Morgan fingerprint density at radius 3 is 2.68 bits per heavy atom. The fourth-order valence-electron chi connectivity index (χ4n) is 1.94. The van der Waals surface area contributed by atoms with E-state index in [4.69, 9.17) is 5.73 Å². The largest absolute Gasteiger partial charge is 0.399 e. The van der Waals surface area contributed by atoms with Crippen molar-refractivity contribution in [3.05, 3.63) is 23.8 Å². The topological polar surface area (TPSA) is 67.1 Å². The maximum absolute atomic E-state index is 11.9. The number of benzene rings is 1. The molecule has 1 rings (SSSR count). The van der Waals surface area contributed by atoms with Gasteiger partial charge in [-0.1, -0.05) is 26.2 Å². The zero-order valence-electron chi connectivity index (χ0n) is 12.0. The van der Waals surface area contributed by atoms with Crippen molar-refractivity contribution in [1.29, 1.82) is 0 Å². The van der Waals surface area contributed by atoms with E-state index in [1.165, 1.54) is 19.3 Å². The third-order valence-electron chi connectivity index (χ3n) is 2.97. The first-order valence-electron chi connectivity index (χ1n) is 7.10. The number of amides is 1. The summed E-state index contributed by atoms with van der Waals surface area (Å²) >= 11 is 0. The van der Waals surface area contributed by atoms with E-state index in [9.17, 15) is 4.79 Å². The first kappa shape index (κ1) is 15.3. The minimum absolute atomic E-state index is 0.0569. The molecule has 4 heteroatoms. The zero-order chi connectivity index (χ0) is 14.1. The molecule has 0 saturated carbocycles. The standard InChI is InChI=1S/C15H25N3O/c1-3-5-6-7-10-18-14-11-12(16)8-9-13(14)15(19)17-4-2/h8-9,11,18H,3-7,10,16H2,1-2H3,(H,17,19). The van der Waals surface area contributed by atoms with Crippen LogP contribution < -0.4 is 16.4 Å². The highest BCUT2D eigenvalue weighted by atomic mass is 16.1. The molecule has 0 unspecified atom stereocenters. The average Bonchev–Trinajstić information content (AvgIpc) is 2.39. The highest BCUT2D eigenvalue weighted by molar-refractivity contribution is 6.00. The number of nitrogens with one attached hydrogen (secondary N) is 2. The molecule has 19 heavy (non-hydrogen) atoms. The molecule has 0 aliphatic rings. The maximum atomic E-state index is 11.9. The maximum Gasteiger partial charge on any atom is 0.253 e. The molecule has 0 heterocycles. The monoisotopic (exact) mass is 263 g/mol. The molecule has 1 aromatic rings. The fourth-order valence-corrected chi connectivity index (χ4v) is 1.94. The summed E-state index contributed by atoms with van der Waals surface area (Å²) in [5.41, 5.74) is 7.93. The quantitative estimate of drug-likeness (QED) is 0.499. The molecular formula is C15H25N3O. The number of rotatable bonds is 8. The van der Waals surface area contributed by atoms with E-state index in [2.05, 4.69) is 17.6 Å². The Morgan fingerprint density at radius 2 is 2.00 bits per heavy atom. The minimum atomic E-state index is -0.0569. The van der Waals surface area contributed by atoms with Crippen molar-refractivity contribution in [3.63, 3.8) is 0 Å². The van der Waals surface area contributed by atoms with Crippen LogP contribution in [-0.2, 0) is 0 Å². The SMILES string of the molecule is CCCCCCNc1cc(N)ccc1C(=O)NCC. The molecule has 0 bridgehead atoms. The summed E-state index contributed by atoms with van der Waals surface area (Å²) in [6.45, 7) is 5.60. The van der Waals surface area contributed by atoms with E-state index in [-0.39, 0.29) is 5.91 Å². The van der Waals surface area contributed by atoms with Gasteiger partial charge in [0, 0.05) is 24.5 Å². The van der Waals surface area contributed by atoms with Crippen molar-refractivity contribution >= 4 is 17.3 Å². The van der Waals surface area contributed by atoms with Crippen molar-refractivity contribution in [3.8, 4) is 0 Å². The first-order chi connectivity index (χ1) is 9.19. The number of nitrogen functional groups attached to an aromatic ring is 1. The second-order valence-corrected chi connectivity index (χ2v) is 4.65. The van der Waals surface area contributed by atoms with Crippen LogP contribution >= 0.6 is 0 Å². The molecule has 0 aliphatic carbocycles. The van der Waals surface area contributed by atoms with Gasteiger partial charge in [0.15, 0.2) is 0 Å². The van der Waals surface area contributed by atoms with Crippen molar-refractivity contribution in [2.24, 2.45) is 0 Å². The van der Waals surface area contributed by atoms with Crippen LogP contribution in [0.3, 0.4) is 0 Å². The zero-order valence-corrected chi connectivity index (χ0v) is 12.0. The Bertz CT molecular complexity index is 404. The predicted octanol–water partition coefficient (Wildman–Crippen LogP) is 3.01. The van der Waals surface area contributed by atoms with Gasteiger partial charge in [0.1, 0.15) is 0 Å². The number of carbonyl (C=O) groups excluding carboxylic acids is 1. The molecule has 4 nitrogen and oxygen atoms in total. The molecule has 1 aromatic carbocycles. The van der Waals surface area contributed by atoms with E-state index in [1.807, 2.05) is 13.0 Å². The highest BCUT2D eigenvalue weighted by Gasteiger charge is 2.10. The summed E-state index contributed by atoms with van der Waals surface area (Å²) in [7, 11) is 0. The Balaban J connectivity index is 2.63. The van der Waals surface area contributed by atoms with Gasteiger partial charge in [0.05, 0.1) is 5.56 Å². The molecule has 4 N–H and O–H groups in total. The summed E-state index contributed by atoms with van der Waals surface area (Å²) in [5, 5.41) is 6.12. The van der Waals surface area contributed by atoms with Crippen molar-refractivity contribution in [2.75, 3.05) is 24.1 Å². The number of nitrogens with two attached hydrogens (primary N) is 1. The number of carbonyl (C=O) groups is 1. The van der Waals surface area contributed by atoms with Gasteiger partial charge in [-0.25, -0.2) is 0 Å². The van der Waals surface area contributed by atoms with Crippen LogP contribution in [0.25, 0.3) is 0 Å². The summed E-state index contributed by atoms with van der Waals surface area (Å²) in [6, 6.07) is 5.35. The van der Waals surface area contributed by atoms with E-state index < -0.39 is 0 Å². The third-order valence-corrected chi connectivity index (χ3v) is 2.97. The van der Waals surface area contributed by atoms with Crippen molar-refractivity contribution in [2.45, 2.75) is 39.5 Å². The number of hydrogen-bond donors (Lipinski definition) is 3. The van der Waals surface area contributed by atoms with Crippen LogP contribution in [0.2, 0.25) is 0 Å². The predicted molar refractivity (Wildman–Crippen MR) is 81.5 cm³/mol. The molecule has 0 aromatic heterocycles. The molecule has 106 valence electrons. The molecule has 0 saturated heterocycles. The lowest BCUT2D eigenvalue weighted by atomic mass is 10.1. The van der Waals surface area contributed by atoms with Gasteiger partial charge in [0.25, 0.3) is 5.91 Å². The van der Waals surface area contributed by atoms with Gasteiger partial charge in [-0.05, 0) is 31.5 Å². The second-order valence-electron chi connectivity index (χ2n) is 4.65. The van der Waals surface area contributed by atoms with Gasteiger partial charge < -0.3 is 16.4 Å². The van der Waals surface area contributed by atoms with Gasteiger partial charge >= 0.3 is 0 Å². The Hall–Kier alpha value is -1.71. The molecule has 0 radical (unpaired) electrons. The molecule has 0 fully saturated rings. The van der Waals surface area contributed by atoms with Crippen LogP contribution in [0, 0.1) is 0 Å². The number of anilines is 2. The van der Waals surface area contributed by atoms with E-state index in [1.54, 1.807) is 12.1 Å². The first-order valence-corrected chi connectivity index (χ1v) is 7.10. The summed E-state index contributed by atoms with van der Waals surface area (Å²) in [6.07, 6.45) is 4.80. The highest BCUT2D eigenvalue weighted by Crippen LogP contribution is 2.19. The Kier molecular flexibility index (Phi) is 6.79. The van der Waals surface area contributed by atoms with Gasteiger partial charge in [-0.3, -0.25) is 4.79 Å². The van der Waals surface area contributed by atoms with Gasteiger partial charge in [0.2, 0.25) is 0 Å².